The predicted molar refractivity (Wildman–Crippen MR) is 183 cm³/mol. The lowest BCUT2D eigenvalue weighted by molar-refractivity contribution is 0.429. The molecule has 0 aromatic rings. The first-order valence-corrected chi connectivity index (χ1v) is 18.6. The molecular formula is C38H81N. The SMILES string of the molecule is CCCCCCCCCCCCCCCCCC(C)CCCCCCCCCCCCCCCC.CN(C)C. The number of hydrogen-bond acceptors (Lipinski definition) is 1. The van der Waals surface area contributed by atoms with Gasteiger partial charge in [-0.15, -0.1) is 0 Å². The van der Waals surface area contributed by atoms with Crippen LogP contribution < -0.4 is 0 Å². The van der Waals surface area contributed by atoms with Gasteiger partial charge in [0.1, 0.15) is 0 Å². The van der Waals surface area contributed by atoms with Crippen molar-refractivity contribution in [3.05, 3.63) is 0 Å². The summed E-state index contributed by atoms with van der Waals surface area (Å²) in [5, 5.41) is 0. The number of unbranched alkanes of at least 4 members (excludes halogenated alkanes) is 27. The Bertz CT molecular complexity index is 387. The van der Waals surface area contributed by atoms with Gasteiger partial charge in [-0.2, -0.15) is 0 Å². The van der Waals surface area contributed by atoms with Crippen molar-refractivity contribution in [1.82, 2.24) is 4.90 Å². The van der Waals surface area contributed by atoms with E-state index in [1.165, 1.54) is 199 Å². The van der Waals surface area contributed by atoms with Crippen LogP contribution in [0.1, 0.15) is 220 Å². The molecular weight excluding hydrogens is 470 g/mol. The summed E-state index contributed by atoms with van der Waals surface area (Å²) in [5.74, 6) is 0.967. The van der Waals surface area contributed by atoms with Crippen LogP contribution in [0.4, 0.5) is 0 Å². The minimum Gasteiger partial charge on any atom is -0.312 e. The maximum atomic E-state index is 2.51. The highest BCUT2D eigenvalue weighted by Crippen LogP contribution is 2.19. The van der Waals surface area contributed by atoms with E-state index in [4.69, 9.17) is 0 Å². The lowest BCUT2D eigenvalue weighted by Crippen LogP contribution is -1.99. The zero-order valence-corrected chi connectivity index (χ0v) is 28.9. The molecule has 1 unspecified atom stereocenters. The quantitative estimate of drug-likeness (QED) is 0.0774. The Morgan fingerprint density at radius 1 is 0.308 bits per heavy atom. The summed E-state index contributed by atoms with van der Waals surface area (Å²) in [6.07, 6.45) is 45.7. The molecule has 0 fully saturated rings. The Labute approximate surface area is 251 Å². The van der Waals surface area contributed by atoms with Gasteiger partial charge in [0.15, 0.2) is 0 Å². The number of hydrogen-bond donors (Lipinski definition) is 0. The summed E-state index contributed by atoms with van der Waals surface area (Å²) in [6.45, 7) is 7.12. The fourth-order valence-electron chi connectivity index (χ4n) is 5.70. The van der Waals surface area contributed by atoms with E-state index in [1.807, 2.05) is 26.0 Å². The van der Waals surface area contributed by atoms with Gasteiger partial charge in [-0.25, -0.2) is 0 Å². The van der Waals surface area contributed by atoms with Crippen LogP contribution in [-0.4, -0.2) is 26.0 Å². The summed E-state index contributed by atoms with van der Waals surface area (Å²) in [6, 6.07) is 0. The molecule has 238 valence electrons. The van der Waals surface area contributed by atoms with Gasteiger partial charge in [-0.3, -0.25) is 0 Å². The Kier molecular flexibility index (Phi) is 40.0. The normalized spacial score (nSPS) is 12.1. The molecule has 0 heterocycles. The average Bonchev–Trinajstić information content (AvgIpc) is 2.90. The molecule has 0 aliphatic carbocycles. The third-order valence-corrected chi connectivity index (χ3v) is 8.35. The van der Waals surface area contributed by atoms with E-state index in [0.717, 1.165) is 5.92 Å². The van der Waals surface area contributed by atoms with E-state index in [2.05, 4.69) is 20.8 Å². The molecule has 0 bridgehead atoms. The second-order valence-electron chi connectivity index (χ2n) is 13.6. The van der Waals surface area contributed by atoms with Crippen molar-refractivity contribution in [1.29, 1.82) is 0 Å². The van der Waals surface area contributed by atoms with Gasteiger partial charge >= 0.3 is 0 Å². The Balaban J connectivity index is 0. The zero-order valence-electron chi connectivity index (χ0n) is 28.9. The minimum absolute atomic E-state index is 0.967. The molecule has 0 aromatic carbocycles. The summed E-state index contributed by atoms with van der Waals surface area (Å²) >= 11 is 0. The van der Waals surface area contributed by atoms with Gasteiger partial charge in [0.2, 0.25) is 0 Å². The molecule has 0 saturated heterocycles. The molecule has 0 radical (unpaired) electrons. The van der Waals surface area contributed by atoms with Crippen molar-refractivity contribution >= 4 is 0 Å². The number of rotatable bonds is 31. The minimum atomic E-state index is 0.967. The molecule has 0 rings (SSSR count). The van der Waals surface area contributed by atoms with Gasteiger partial charge in [0.25, 0.3) is 0 Å². The van der Waals surface area contributed by atoms with Crippen LogP contribution in [0.3, 0.4) is 0 Å². The summed E-state index contributed by atoms with van der Waals surface area (Å²) < 4.78 is 0. The van der Waals surface area contributed by atoms with Crippen molar-refractivity contribution in [2.24, 2.45) is 5.92 Å². The summed E-state index contributed by atoms with van der Waals surface area (Å²) in [7, 11) is 6.00. The molecule has 0 N–H and O–H groups in total. The highest BCUT2D eigenvalue weighted by molar-refractivity contribution is 4.56. The van der Waals surface area contributed by atoms with Gasteiger partial charge in [-0.05, 0) is 27.1 Å². The van der Waals surface area contributed by atoms with E-state index in [-0.39, 0.29) is 0 Å². The van der Waals surface area contributed by atoms with Gasteiger partial charge < -0.3 is 4.90 Å². The molecule has 39 heavy (non-hydrogen) atoms. The maximum absolute atomic E-state index is 2.51. The van der Waals surface area contributed by atoms with Crippen LogP contribution in [0.5, 0.6) is 0 Å². The third kappa shape index (κ3) is 45.2. The van der Waals surface area contributed by atoms with E-state index in [1.54, 1.807) is 0 Å². The van der Waals surface area contributed by atoms with Crippen molar-refractivity contribution < 1.29 is 0 Å². The van der Waals surface area contributed by atoms with Crippen molar-refractivity contribution in [2.45, 2.75) is 220 Å². The van der Waals surface area contributed by atoms with Gasteiger partial charge in [0.05, 0.1) is 0 Å². The summed E-state index contributed by atoms with van der Waals surface area (Å²) in [4.78, 5) is 2.00. The predicted octanol–water partition coefficient (Wildman–Crippen LogP) is 13.9. The first kappa shape index (κ1) is 41.1. The van der Waals surface area contributed by atoms with Crippen LogP contribution in [-0.2, 0) is 0 Å². The Morgan fingerprint density at radius 3 is 0.641 bits per heavy atom. The van der Waals surface area contributed by atoms with E-state index >= 15 is 0 Å². The van der Waals surface area contributed by atoms with Gasteiger partial charge in [0, 0.05) is 0 Å². The molecule has 0 spiro atoms. The second kappa shape index (κ2) is 38.0. The fourth-order valence-corrected chi connectivity index (χ4v) is 5.70. The molecule has 0 aliphatic heterocycles. The average molecular weight is 552 g/mol. The maximum Gasteiger partial charge on any atom is -0.0140 e. The van der Waals surface area contributed by atoms with E-state index < -0.39 is 0 Å². The highest BCUT2D eigenvalue weighted by Gasteiger charge is 2.02. The van der Waals surface area contributed by atoms with Crippen LogP contribution in [0.15, 0.2) is 0 Å². The van der Waals surface area contributed by atoms with Crippen molar-refractivity contribution in [2.75, 3.05) is 21.1 Å². The molecule has 0 amide bonds. The van der Waals surface area contributed by atoms with Crippen LogP contribution >= 0.6 is 0 Å². The van der Waals surface area contributed by atoms with Crippen LogP contribution in [0, 0.1) is 5.92 Å². The molecule has 0 aromatic heterocycles. The summed E-state index contributed by atoms with van der Waals surface area (Å²) in [5.41, 5.74) is 0. The van der Waals surface area contributed by atoms with Crippen LogP contribution in [0.25, 0.3) is 0 Å². The molecule has 0 saturated carbocycles. The van der Waals surface area contributed by atoms with Crippen molar-refractivity contribution in [3.63, 3.8) is 0 Å². The highest BCUT2D eigenvalue weighted by atomic mass is 15.0. The lowest BCUT2D eigenvalue weighted by atomic mass is 9.95. The van der Waals surface area contributed by atoms with Crippen LogP contribution in [0.2, 0.25) is 0 Å². The molecule has 1 heteroatoms. The topological polar surface area (TPSA) is 3.24 Å². The molecule has 0 aliphatic rings. The van der Waals surface area contributed by atoms with Crippen molar-refractivity contribution in [3.8, 4) is 0 Å². The van der Waals surface area contributed by atoms with E-state index in [9.17, 15) is 0 Å². The van der Waals surface area contributed by atoms with Gasteiger partial charge in [-0.1, -0.05) is 220 Å². The third-order valence-electron chi connectivity index (χ3n) is 8.35. The van der Waals surface area contributed by atoms with E-state index in [0.29, 0.717) is 0 Å². The zero-order chi connectivity index (χ0) is 29.1. The fraction of sp³-hybridized carbons (Fsp3) is 1.00. The lowest BCUT2D eigenvalue weighted by Gasteiger charge is -2.11. The Morgan fingerprint density at radius 2 is 0.462 bits per heavy atom. The molecule has 1 atom stereocenters. The molecule has 1 nitrogen and oxygen atoms in total. The first-order chi connectivity index (χ1) is 19.0. The standard InChI is InChI=1S/C35H72.C3H9N/c1-4-6-8-10-12-14-16-18-20-22-24-26-28-30-32-34-35(3)33-31-29-27-25-23-21-19-17-15-13-11-9-7-5-2;1-4(2)3/h35H,4-34H2,1-3H3;1-3H3. The second-order valence-corrected chi connectivity index (χ2v) is 13.6. The number of nitrogens with zero attached hydrogens (tertiary/aromatic N) is 1. The first-order valence-electron chi connectivity index (χ1n) is 18.6. The Hall–Kier alpha value is -0.0400. The largest absolute Gasteiger partial charge is 0.312 e. The monoisotopic (exact) mass is 552 g/mol. The smallest absolute Gasteiger partial charge is 0.0140 e.